The van der Waals surface area contributed by atoms with Crippen molar-refractivity contribution in [1.29, 1.82) is 0 Å². The molecule has 0 radical (unpaired) electrons. The van der Waals surface area contributed by atoms with E-state index in [1.165, 1.54) is 92.5 Å². The van der Waals surface area contributed by atoms with Crippen molar-refractivity contribution in [2.75, 3.05) is 0 Å². The largest absolute Gasteiger partial charge is 0.0887 e. The van der Waals surface area contributed by atoms with Gasteiger partial charge in [0.05, 0.1) is 8.07 Å². The zero-order valence-corrected chi connectivity index (χ0v) is 31.0. The maximum atomic E-state index is 2.73. The van der Waals surface area contributed by atoms with Crippen molar-refractivity contribution in [3.63, 3.8) is 0 Å². The predicted octanol–water partition coefficient (Wildman–Crippen LogP) is 12.0. The van der Waals surface area contributed by atoms with E-state index in [0.717, 1.165) is 0 Å². The molecule has 250 valence electrons. The van der Waals surface area contributed by atoms with Crippen LogP contribution in [0.25, 0.3) is 88.6 Å². The zero-order valence-electron chi connectivity index (χ0n) is 30.0. The average molecular weight is 691 g/mol. The Morgan fingerprint density at radius 2 is 0.830 bits per heavy atom. The fraction of sp³-hybridized carbons (Fsp3) is 0.0769. The molecule has 0 nitrogen and oxygen atoms in total. The minimum atomic E-state index is -1.84. The maximum Gasteiger partial charge on any atom is 0.0887 e. The van der Waals surface area contributed by atoms with Crippen molar-refractivity contribution in [1.82, 2.24) is 0 Å². The summed E-state index contributed by atoms with van der Waals surface area (Å²) in [5.74, 6) is 0.373. The van der Waals surface area contributed by atoms with E-state index in [9.17, 15) is 0 Å². The van der Waals surface area contributed by atoms with Crippen molar-refractivity contribution >= 4 is 68.5 Å². The average Bonchev–Trinajstić information content (AvgIpc) is 3.43. The first-order valence-electron chi connectivity index (χ1n) is 18.9. The van der Waals surface area contributed by atoms with Crippen LogP contribution in [0.4, 0.5) is 0 Å². The number of benzene rings is 9. The van der Waals surface area contributed by atoms with Gasteiger partial charge in [-0.1, -0.05) is 176 Å². The second-order valence-corrected chi connectivity index (χ2v) is 20.4. The van der Waals surface area contributed by atoms with Crippen LogP contribution in [-0.4, -0.2) is 8.07 Å². The molecule has 2 unspecified atom stereocenters. The summed E-state index contributed by atoms with van der Waals surface area (Å²) >= 11 is 0. The summed E-state index contributed by atoms with van der Waals surface area (Å²) in [6.07, 6.45) is 5.40. The van der Waals surface area contributed by atoms with Gasteiger partial charge < -0.3 is 0 Å². The second-order valence-electron chi connectivity index (χ2n) is 15.7. The van der Waals surface area contributed by atoms with Crippen molar-refractivity contribution in [3.8, 4) is 33.4 Å². The Kier molecular flexibility index (Phi) is 6.63. The van der Waals surface area contributed by atoms with Crippen molar-refractivity contribution in [2.45, 2.75) is 24.6 Å². The second kappa shape index (κ2) is 11.5. The monoisotopic (exact) mass is 690 g/mol. The van der Waals surface area contributed by atoms with E-state index < -0.39 is 8.07 Å². The molecule has 11 rings (SSSR count). The van der Waals surface area contributed by atoms with Crippen molar-refractivity contribution in [2.24, 2.45) is 0 Å². The molecule has 1 heteroatoms. The highest BCUT2D eigenvalue weighted by Gasteiger charge is 2.46. The van der Waals surface area contributed by atoms with E-state index in [2.05, 4.69) is 195 Å². The highest BCUT2D eigenvalue weighted by Crippen LogP contribution is 2.48. The molecule has 2 aliphatic rings. The van der Waals surface area contributed by atoms with Crippen LogP contribution in [0.2, 0.25) is 18.6 Å². The van der Waals surface area contributed by atoms with Crippen LogP contribution in [0, 0.1) is 0 Å². The topological polar surface area (TPSA) is 0 Å². The van der Waals surface area contributed by atoms with Crippen LogP contribution in [-0.2, 0) is 0 Å². The van der Waals surface area contributed by atoms with E-state index in [1.54, 1.807) is 5.19 Å². The lowest BCUT2D eigenvalue weighted by molar-refractivity contribution is 0.927. The first-order chi connectivity index (χ1) is 26.0. The summed E-state index contributed by atoms with van der Waals surface area (Å²) in [6, 6.07) is 63.9. The van der Waals surface area contributed by atoms with Crippen LogP contribution in [0.3, 0.4) is 0 Å². The molecular formula is C52H38Si. The number of hydrogen-bond acceptors (Lipinski definition) is 0. The van der Waals surface area contributed by atoms with Gasteiger partial charge in [0.25, 0.3) is 0 Å². The number of hydrogen-bond donors (Lipinski definition) is 0. The summed E-state index contributed by atoms with van der Waals surface area (Å²) in [5, 5.41) is 14.6. The highest BCUT2D eigenvalue weighted by molar-refractivity contribution is 6.93. The Balaban J connectivity index is 1.29. The van der Waals surface area contributed by atoms with Crippen molar-refractivity contribution in [3.05, 3.63) is 186 Å². The van der Waals surface area contributed by atoms with Gasteiger partial charge in [-0.25, -0.2) is 0 Å². The summed E-state index contributed by atoms with van der Waals surface area (Å²) in [6.45, 7) is 5.18. The molecule has 0 saturated carbocycles. The third kappa shape index (κ3) is 4.67. The van der Waals surface area contributed by atoms with Gasteiger partial charge in [0.15, 0.2) is 0 Å². The van der Waals surface area contributed by atoms with Crippen molar-refractivity contribution < 1.29 is 0 Å². The van der Waals surface area contributed by atoms with Gasteiger partial charge in [-0.2, -0.15) is 0 Å². The van der Waals surface area contributed by atoms with E-state index in [4.69, 9.17) is 0 Å². The number of fused-ring (bicyclic) bond motifs is 8. The molecule has 0 saturated heterocycles. The van der Waals surface area contributed by atoms with Gasteiger partial charge in [-0.15, -0.1) is 0 Å². The van der Waals surface area contributed by atoms with Crippen LogP contribution >= 0.6 is 0 Å². The third-order valence-corrected chi connectivity index (χ3v) is 16.5. The van der Waals surface area contributed by atoms with E-state index in [0.29, 0.717) is 11.5 Å². The van der Waals surface area contributed by atoms with Crippen LogP contribution in [0.5, 0.6) is 0 Å². The van der Waals surface area contributed by atoms with Crippen LogP contribution in [0.1, 0.15) is 11.5 Å². The molecule has 1 aliphatic carbocycles. The minimum Gasteiger partial charge on any atom is -0.0743 e. The zero-order chi connectivity index (χ0) is 35.3. The minimum absolute atomic E-state index is 0.373. The molecule has 0 fully saturated rings. The molecule has 1 heterocycles. The standard InChI is InChI=1S/C52H38Si/c1-53(2)49-18-10-9-17-43(49)45-31-47-48(32-50(45)53)52(42-24-21-35-13-5-8-16-38(35)29-42)46-30-40(39-22-19-33-11-3-6-14-36(33)27-39)25-26-44(46)51(47)41-23-20-34-12-4-7-15-37(34)28-41/h3-32,45,50H,1-2H3. The maximum absolute atomic E-state index is 2.73. The molecule has 0 aromatic heterocycles. The lowest BCUT2D eigenvalue weighted by atomic mass is 9.81. The summed E-state index contributed by atoms with van der Waals surface area (Å²) in [5.41, 5.74) is 9.75. The Hall–Kier alpha value is -6.02. The lowest BCUT2D eigenvalue weighted by Crippen LogP contribution is -2.44. The fourth-order valence-electron chi connectivity index (χ4n) is 9.80. The number of rotatable bonds is 3. The Morgan fingerprint density at radius 1 is 0.377 bits per heavy atom. The van der Waals surface area contributed by atoms with Gasteiger partial charge in [0.1, 0.15) is 0 Å². The molecular weight excluding hydrogens is 653 g/mol. The molecule has 9 aromatic carbocycles. The lowest BCUT2D eigenvalue weighted by Gasteiger charge is -2.29. The quantitative estimate of drug-likeness (QED) is 0.162. The van der Waals surface area contributed by atoms with Gasteiger partial charge in [-0.3, -0.25) is 0 Å². The molecule has 2 atom stereocenters. The van der Waals surface area contributed by atoms with Crippen LogP contribution < -0.4 is 15.6 Å². The van der Waals surface area contributed by atoms with Gasteiger partial charge in [0, 0.05) is 5.92 Å². The molecule has 0 spiro atoms. The fourth-order valence-corrected chi connectivity index (χ4v) is 13.4. The molecule has 9 aromatic rings. The molecule has 1 aliphatic heterocycles. The Labute approximate surface area is 311 Å². The van der Waals surface area contributed by atoms with Crippen LogP contribution in [0.15, 0.2) is 170 Å². The Bertz CT molecular complexity index is 3110. The summed E-state index contributed by atoms with van der Waals surface area (Å²) in [7, 11) is -1.84. The first kappa shape index (κ1) is 30.6. The summed E-state index contributed by atoms with van der Waals surface area (Å²) < 4.78 is 0. The van der Waals surface area contributed by atoms with E-state index in [1.807, 2.05) is 0 Å². The highest BCUT2D eigenvalue weighted by atomic mass is 28.3. The van der Waals surface area contributed by atoms with E-state index in [-0.39, 0.29) is 0 Å². The molecule has 0 amide bonds. The van der Waals surface area contributed by atoms with E-state index >= 15 is 0 Å². The first-order valence-corrected chi connectivity index (χ1v) is 22.0. The summed E-state index contributed by atoms with van der Waals surface area (Å²) in [4.78, 5) is 0. The normalized spacial score (nSPS) is 16.9. The smallest absolute Gasteiger partial charge is 0.0743 e. The predicted molar refractivity (Wildman–Crippen MR) is 231 cm³/mol. The molecule has 0 bridgehead atoms. The third-order valence-electron chi connectivity index (χ3n) is 12.5. The van der Waals surface area contributed by atoms with Gasteiger partial charge >= 0.3 is 0 Å². The van der Waals surface area contributed by atoms with Gasteiger partial charge in [0.2, 0.25) is 0 Å². The SMILES string of the molecule is C[Si]1(C)c2ccccc2C2C=c3c(-c4ccc5ccccc5c4)c4ccc(-c5ccc6ccccc6c5)cc4c(-c4ccc5ccccc5c4)c3=CC21. The molecule has 53 heavy (non-hydrogen) atoms. The Morgan fingerprint density at radius 3 is 1.45 bits per heavy atom. The molecule has 0 N–H and O–H groups in total. The van der Waals surface area contributed by atoms with Gasteiger partial charge in [-0.05, 0) is 122 Å².